The lowest BCUT2D eigenvalue weighted by atomic mass is 10.2. The summed E-state index contributed by atoms with van der Waals surface area (Å²) in [6.45, 7) is 6.23. The molecule has 0 bridgehead atoms. The predicted molar refractivity (Wildman–Crippen MR) is 103 cm³/mol. The zero-order valence-corrected chi connectivity index (χ0v) is 16.7. The number of nitrogens with one attached hydrogen (secondary N) is 1. The number of rotatable bonds is 6. The van der Waals surface area contributed by atoms with Crippen molar-refractivity contribution in [2.45, 2.75) is 38.2 Å². The second-order valence-corrected chi connectivity index (χ2v) is 7.91. The van der Waals surface area contributed by atoms with E-state index in [1.54, 1.807) is 12.1 Å². The molecular formula is C18H18FN5OS2. The fourth-order valence-corrected chi connectivity index (χ4v) is 3.87. The summed E-state index contributed by atoms with van der Waals surface area (Å²) >= 11 is 2.70. The van der Waals surface area contributed by atoms with Crippen LogP contribution in [0.2, 0.25) is 0 Å². The lowest BCUT2D eigenvalue weighted by Crippen LogP contribution is -2.22. The van der Waals surface area contributed by atoms with Crippen LogP contribution >= 0.6 is 23.1 Å². The van der Waals surface area contributed by atoms with Gasteiger partial charge in [0.15, 0.2) is 5.16 Å². The Kier molecular flexibility index (Phi) is 6.12. The van der Waals surface area contributed by atoms with Crippen molar-refractivity contribution in [2.75, 3.05) is 0 Å². The summed E-state index contributed by atoms with van der Waals surface area (Å²) < 4.78 is 12.9. The first-order valence-corrected chi connectivity index (χ1v) is 10.0. The van der Waals surface area contributed by atoms with Crippen molar-refractivity contribution in [1.29, 1.82) is 0 Å². The molecule has 9 heteroatoms. The molecule has 0 fully saturated rings. The number of carbonyl (C=O) groups excluding carboxylic acids is 1. The third-order valence-corrected chi connectivity index (χ3v) is 5.93. The summed E-state index contributed by atoms with van der Waals surface area (Å²) in [5.74, 6) is -0.0594. The third kappa shape index (κ3) is 5.08. The van der Waals surface area contributed by atoms with Gasteiger partial charge in [-0.2, -0.15) is 0 Å². The summed E-state index contributed by atoms with van der Waals surface area (Å²) in [6.07, 6.45) is 0. The molecule has 0 saturated carbocycles. The molecule has 3 aromatic rings. The molecule has 0 unspecified atom stereocenters. The molecule has 3 rings (SSSR count). The van der Waals surface area contributed by atoms with Crippen molar-refractivity contribution in [3.05, 3.63) is 62.6 Å². The van der Waals surface area contributed by atoms with E-state index in [0.717, 1.165) is 27.5 Å². The molecule has 0 atom stereocenters. The lowest BCUT2D eigenvalue weighted by molar-refractivity contribution is 0.0950. The molecule has 0 aliphatic carbocycles. The van der Waals surface area contributed by atoms with Crippen LogP contribution in [0.1, 0.15) is 37.3 Å². The van der Waals surface area contributed by atoms with Gasteiger partial charge in [0.1, 0.15) is 10.8 Å². The zero-order chi connectivity index (χ0) is 19.4. The van der Waals surface area contributed by atoms with Crippen molar-refractivity contribution in [3.63, 3.8) is 0 Å². The summed E-state index contributed by atoms with van der Waals surface area (Å²) in [5.41, 5.74) is 3.83. The lowest BCUT2D eigenvalue weighted by Gasteiger charge is -2.05. The molecule has 0 spiro atoms. The van der Waals surface area contributed by atoms with Gasteiger partial charge in [-0.25, -0.2) is 14.4 Å². The van der Waals surface area contributed by atoms with Gasteiger partial charge in [-0.1, -0.05) is 35.2 Å². The fraction of sp³-hybridized carbons (Fsp3) is 0.278. The zero-order valence-electron chi connectivity index (χ0n) is 15.1. The van der Waals surface area contributed by atoms with Crippen LogP contribution in [-0.4, -0.2) is 26.1 Å². The van der Waals surface area contributed by atoms with Crippen LogP contribution < -0.4 is 5.32 Å². The molecule has 1 aromatic carbocycles. The van der Waals surface area contributed by atoms with Gasteiger partial charge in [0.25, 0.3) is 5.91 Å². The molecule has 0 aliphatic heterocycles. The molecule has 2 aromatic heterocycles. The molecule has 27 heavy (non-hydrogen) atoms. The number of nitrogens with zero attached hydrogens (tertiary/aromatic N) is 4. The molecular weight excluding hydrogens is 385 g/mol. The van der Waals surface area contributed by atoms with Crippen molar-refractivity contribution in [2.24, 2.45) is 0 Å². The van der Waals surface area contributed by atoms with Crippen LogP contribution in [0, 0.1) is 26.6 Å². The van der Waals surface area contributed by atoms with E-state index in [-0.39, 0.29) is 11.7 Å². The van der Waals surface area contributed by atoms with Crippen LogP contribution in [0.15, 0.2) is 29.4 Å². The second-order valence-electron chi connectivity index (χ2n) is 5.90. The van der Waals surface area contributed by atoms with Gasteiger partial charge in [0, 0.05) is 17.9 Å². The first-order valence-electron chi connectivity index (χ1n) is 8.22. The van der Waals surface area contributed by atoms with Crippen LogP contribution in [0.3, 0.4) is 0 Å². The SMILES string of the molecule is Cc1nc(SCc2nnc(C(=O)NCc3ccc(F)cc3)s2)nc(C)c1C. The number of carbonyl (C=O) groups is 1. The van der Waals surface area contributed by atoms with Crippen LogP contribution in [0.25, 0.3) is 0 Å². The second kappa shape index (κ2) is 8.53. The Morgan fingerprint density at radius 2 is 1.78 bits per heavy atom. The fourth-order valence-electron chi connectivity index (χ4n) is 2.20. The Labute approximate surface area is 164 Å². The topological polar surface area (TPSA) is 80.7 Å². The Morgan fingerprint density at radius 1 is 1.11 bits per heavy atom. The van der Waals surface area contributed by atoms with E-state index in [2.05, 4.69) is 25.5 Å². The third-order valence-electron chi connectivity index (χ3n) is 3.96. The van der Waals surface area contributed by atoms with Crippen molar-refractivity contribution >= 4 is 29.0 Å². The largest absolute Gasteiger partial charge is 0.346 e. The minimum absolute atomic E-state index is 0.296. The summed E-state index contributed by atoms with van der Waals surface area (Å²) in [7, 11) is 0. The van der Waals surface area contributed by atoms with E-state index >= 15 is 0 Å². The van der Waals surface area contributed by atoms with Gasteiger partial charge >= 0.3 is 0 Å². The number of hydrogen-bond donors (Lipinski definition) is 1. The Balaban J connectivity index is 1.56. The Morgan fingerprint density at radius 3 is 2.44 bits per heavy atom. The van der Waals surface area contributed by atoms with E-state index in [1.165, 1.54) is 35.2 Å². The number of hydrogen-bond acceptors (Lipinski definition) is 7. The quantitative estimate of drug-likeness (QED) is 0.500. The monoisotopic (exact) mass is 403 g/mol. The Bertz CT molecular complexity index is 936. The average Bonchev–Trinajstić information content (AvgIpc) is 3.13. The molecule has 0 aliphatic rings. The summed E-state index contributed by atoms with van der Waals surface area (Å²) in [4.78, 5) is 21.1. The van der Waals surface area contributed by atoms with E-state index < -0.39 is 0 Å². The normalized spacial score (nSPS) is 10.8. The number of halogens is 1. The van der Waals surface area contributed by atoms with Gasteiger partial charge in [0.05, 0.1) is 5.75 Å². The number of benzene rings is 1. The van der Waals surface area contributed by atoms with Crippen LogP contribution in [0.5, 0.6) is 0 Å². The maximum atomic E-state index is 12.9. The first kappa shape index (κ1) is 19.4. The molecule has 0 radical (unpaired) electrons. The Hall–Kier alpha value is -2.39. The smallest absolute Gasteiger partial charge is 0.282 e. The standard InChI is InChI=1S/C18H18FN5OS2/c1-10-11(2)21-18(22-12(10)3)26-9-15-23-24-17(27-15)16(25)20-8-13-4-6-14(19)7-5-13/h4-7H,8-9H2,1-3H3,(H,20,25). The maximum absolute atomic E-state index is 12.9. The molecule has 1 amide bonds. The van der Waals surface area contributed by atoms with E-state index in [1.807, 2.05) is 20.8 Å². The minimum atomic E-state index is -0.306. The number of aryl methyl sites for hydroxylation is 2. The van der Waals surface area contributed by atoms with Crippen LogP contribution in [0.4, 0.5) is 4.39 Å². The number of thioether (sulfide) groups is 1. The molecule has 140 valence electrons. The highest BCUT2D eigenvalue weighted by Gasteiger charge is 2.14. The van der Waals surface area contributed by atoms with E-state index in [4.69, 9.17) is 0 Å². The average molecular weight is 404 g/mol. The number of aromatic nitrogens is 4. The predicted octanol–water partition coefficient (Wildman–Crippen LogP) is 3.61. The minimum Gasteiger partial charge on any atom is -0.346 e. The van der Waals surface area contributed by atoms with E-state index in [9.17, 15) is 9.18 Å². The first-order chi connectivity index (χ1) is 12.9. The highest BCUT2D eigenvalue weighted by Crippen LogP contribution is 2.23. The van der Waals surface area contributed by atoms with Gasteiger partial charge in [-0.15, -0.1) is 10.2 Å². The highest BCUT2D eigenvalue weighted by molar-refractivity contribution is 7.98. The van der Waals surface area contributed by atoms with Crippen molar-refractivity contribution in [3.8, 4) is 0 Å². The van der Waals surface area contributed by atoms with Gasteiger partial charge < -0.3 is 5.32 Å². The summed E-state index contributed by atoms with van der Waals surface area (Å²) in [5, 5.41) is 12.5. The van der Waals surface area contributed by atoms with Crippen molar-refractivity contribution < 1.29 is 9.18 Å². The summed E-state index contributed by atoms with van der Waals surface area (Å²) in [6, 6.07) is 5.98. The van der Waals surface area contributed by atoms with Gasteiger partial charge in [0.2, 0.25) is 5.01 Å². The van der Waals surface area contributed by atoms with Gasteiger partial charge in [-0.3, -0.25) is 4.79 Å². The van der Waals surface area contributed by atoms with Crippen LogP contribution in [-0.2, 0) is 12.3 Å². The van der Waals surface area contributed by atoms with Crippen molar-refractivity contribution in [1.82, 2.24) is 25.5 Å². The number of amides is 1. The highest BCUT2D eigenvalue weighted by atomic mass is 32.2. The van der Waals surface area contributed by atoms with Gasteiger partial charge in [-0.05, 0) is 44.0 Å². The maximum Gasteiger partial charge on any atom is 0.282 e. The van der Waals surface area contributed by atoms with E-state index in [0.29, 0.717) is 22.5 Å². The molecule has 1 N–H and O–H groups in total. The molecule has 6 nitrogen and oxygen atoms in total. The molecule has 2 heterocycles. The molecule has 0 saturated heterocycles.